The zero-order valence-corrected chi connectivity index (χ0v) is 13.7. The van der Waals surface area contributed by atoms with Gasteiger partial charge in [0.05, 0.1) is 12.0 Å². The largest absolute Gasteiger partial charge is 0.361 e. The van der Waals surface area contributed by atoms with Crippen molar-refractivity contribution >= 4 is 21.8 Å². The molecule has 2 aromatic rings. The predicted octanol–water partition coefficient (Wildman–Crippen LogP) is 3.44. The zero-order valence-electron chi connectivity index (χ0n) is 12.1. The molecule has 0 aliphatic heterocycles. The van der Waals surface area contributed by atoms with E-state index in [1.807, 2.05) is 44.3 Å². The molecule has 0 saturated heterocycles. The Bertz CT molecular complexity index is 659. The highest BCUT2D eigenvalue weighted by atomic mass is 79.9. The van der Waals surface area contributed by atoms with E-state index in [1.165, 1.54) is 0 Å². The van der Waals surface area contributed by atoms with Crippen molar-refractivity contribution in [3.63, 3.8) is 0 Å². The van der Waals surface area contributed by atoms with E-state index in [0.717, 1.165) is 34.3 Å². The van der Waals surface area contributed by atoms with E-state index in [1.54, 1.807) is 4.90 Å². The first-order valence-corrected chi connectivity index (χ1v) is 7.74. The summed E-state index contributed by atoms with van der Waals surface area (Å²) in [6, 6.07) is 9.91. The lowest BCUT2D eigenvalue weighted by molar-refractivity contribution is -0.133. The molecule has 1 fully saturated rings. The number of hydrogen-bond donors (Lipinski definition) is 0. The van der Waals surface area contributed by atoms with Gasteiger partial charge in [0, 0.05) is 17.6 Å². The summed E-state index contributed by atoms with van der Waals surface area (Å²) >= 11 is 3.43. The minimum atomic E-state index is -0.339. The van der Waals surface area contributed by atoms with Crippen LogP contribution in [-0.4, -0.2) is 23.0 Å². The Morgan fingerprint density at radius 2 is 2.05 bits per heavy atom. The summed E-state index contributed by atoms with van der Waals surface area (Å²) in [6.45, 7) is 2.33. The maximum Gasteiger partial charge on any atom is 0.233 e. The highest BCUT2D eigenvalue weighted by Crippen LogP contribution is 2.49. The van der Waals surface area contributed by atoms with Gasteiger partial charge in [-0.15, -0.1) is 0 Å². The summed E-state index contributed by atoms with van der Waals surface area (Å²) in [6.07, 6.45) is 1.82. The van der Waals surface area contributed by atoms with E-state index >= 15 is 0 Å². The Balaban J connectivity index is 1.76. The van der Waals surface area contributed by atoms with Gasteiger partial charge in [-0.2, -0.15) is 0 Å². The summed E-state index contributed by atoms with van der Waals surface area (Å²) in [5.41, 5.74) is 1.54. The second kappa shape index (κ2) is 5.30. The molecule has 1 aliphatic rings. The number of nitrogens with zero attached hydrogens (tertiary/aromatic N) is 2. The molecule has 1 heterocycles. The fraction of sp³-hybridized carbons (Fsp3) is 0.375. The number of aryl methyl sites for hydroxylation is 1. The third-order valence-electron chi connectivity index (χ3n) is 3.98. The van der Waals surface area contributed by atoms with E-state index in [-0.39, 0.29) is 11.3 Å². The van der Waals surface area contributed by atoms with Crippen molar-refractivity contribution in [2.24, 2.45) is 0 Å². The van der Waals surface area contributed by atoms with Crippen LogP contribution in [0.15, 0.2) is 39.3 Å². The normalized spacial score (nSPS) is 15.8. The number of halogens is 1. The first kappa shape index (κ1) is 14.3. The Kier molecular flexibility index (Phi) is 3.61. The molecule has 5 heteroatoms. The maximum atomic E-state index is 12.8. The topological polar surface area (TPSA) is 46.3 Å². The summed E-state index contributed by atoms with van der Waals surface area (Å²) in [4.78, 5) is 14.5. The van der Waals surface area contributed by atoms with E-state index in [9.17, 15) is 4.79 Å². The van der Waals surface area contributed by atoms with E-state index in [0.29, 0.717) is 6.54 Å². The third kappa shape index (κ3) is 2.75. The number of hydrogen-bond acceptors (Lipinski definition) is 3. The molecule has 0 bridgehead atoms. The van der Waals surface area contributed by atoms with E-state index in [2.05, 4.69) is 21.1 Å². The molecule has 0 spiro atoms. The average molecular weight is 349 g/mol. The van der Waals surface area contributed by atoms with Crippen molar-refractivity contribution in [2.45, 2.75) is 31.7 Å². The molecule has 1 aromatic heterocycles. The molecule has 110 valence electrons. The second-order valence-electron chi connectivity index (χ2n) is 5.68. The van der Waals surface area contributed by atoms with Gasteiger partial charge < -0.3 is 9.42 Å². The quantitative estimate of drug-likeness (QED) is 0.850. The van der Waals surface area contributed by atoms with E-state index in [4.69, 9.17) is 4.52 Å². The van der Waals surface area contributed by atoms with Crippen molar-refractivity contribution in [2.75, 3.05) is 7.05 Å². The van der Waals surface area contributed by atoms with E-state index < -0.39 is 0 Å². The third-order valence-corrected chi connectivity index (χ3v) is 4.51. The number of amides is 1. The molecular weight excluding hydrogens is 332 g/mol. The fourth-order valence-electron chi connectivity index (χ4n) is 2.69. The van der Waals surface area contributed by atoms with Gasteiger partial charge in [0.1, 0.15) is 11.5 Å². The molecule has 0 radical (unpaired) electrons. The molecule has 1 aromatic carbocycles. The highest BCUT2D eigenvalue weighted by molar-refractivity contribution is 9.10. The number of likely N-dealkylation sites (N-methyl/N-ethyl adjacent to an activating group) is 1. The standard InChI is InChI=1S/C16H17BrN2O2/c1-11-9-14(18-21-11)10-19(2)15(20)16(7-8-16)12-3-5-13(17)6-4-12/h3-6,9H,7-8,10H2,1-2H3. The van der Waals surface area contributed by atoms with Crippen LogP contribution in [0.1, 0.15) is 29.9 Å². The molecule has 0 atom stereocenters. The Labute approximate surface area is 132 Å². The summed E-state index contributed by atoms with van der Waals surface area (Å²) in [5.74, 6) is 0.922. The first-order valence-electron chi connectivity index (χ1n) is 6.95. The Hall–Kier alpha value is -1.62. The molecule has 4 nitrogen and oxygen atoms in total. The van der Waals surface area contributed by atoms with Gasteiger partial charge in [-0.05, 0) is 37.5 Å². The molecule has 0 N–H and O–H groups in total. The van der Waals surface area contributed by atoms with Crippen LogP contribution in [0.2, 0.25) is 0 Å². The molecule has 1 aliphatic carbocycles. The van der Waals surface area contributed by atoms with Gasteiger partial charge in [0.2, 0.25) is 5.91 Å². The fourth-order valence-corrected chi connectivity index (χ4v) is 2.96. The van der Waals surface area contributed by atoms with Crippen molar-refractivity contribution in [1.29, 1.82) is 0 Å². The Morgan fingerprint density at radius 1 is 1.38 bits per heavy atom. The van der Waals surface area contributed by atoms with Gasteiger partial charge in [-0.1, -0.05) is 33.2 Å². The first-order chi connectivity index (χ1) is 10.0. The summed E-state index contributed by atoms with van der Waals surface area (Å²) in [5, 5.41) is 3.95. The van der Waals surface area contributed by atoms with Gasteiger partial charge in [0.25, 0.3) is 0 Å². The number of aromatic nitrogens is 1. The predicted molar refractivity (Wildman–Crippen MR) is 82.8 cm³/mol. The molecular formula is C16H17BrN2O2. The smallest absolute Gasteiger partial charge is 0.233 e. The minimum absolute atomic E-state index is 0.158. The van der Waals surface area contributed by atoms with Crippen LogP contribution in [0.3, 0.4) is 0 Å². The number of carbonyl (C=O) groups is 1. The van der Waals surface area contributed by atoms with Crippen LogP contribution in [-0.2, 0) is 16.8 Å². The van der Waals surface area contributed by atoms with Crippen LogP contribution in [0.25, 0.3) is 0 Å². The lowest BCUT2D eigenvalue weighted by Crippen LogP contribution is -2.36. The van der Waals surface area contributed by atoms with Crippen LogP contribution in [0, 0.1) is 6.92 Å². The van der Waals surface area contributed by atoms with Gasteiger partial charge in [0.15, 0.2) is 0 Å². The van der Waals surface area contributed by atoms with Crippen molar-refractivity contribution in [1.82, 2.24) is 10.1 Å². The molecule has 3 rings (SSSR count). The lowest BCUT2D eigenvalue weighted by atomic mass is 9.94. The number of carbonyl (C=O) groups excluding carboxylic acids is 1. The van der Waals surface area contributed by atoms with Crippen molar-refractivity contribution in [3.05, 3.63) is 51.8 Å². The van der Waals surface area contributed by atoms with Crippen molar-refractivity contribution < 1.29 is 9.32 Å². The number of rotatable bonds is 4. The number of benzene rings is 1. The molecule has 0 unspecified atom stereocenters. The van der Waals surface area contributed by atoms with Crippen LogP contribution >= 0.6 is 15.9 Å². The van der Waals surface area contributed by atoms with Crippen LogP contribution in [0.4, 0.5) is 0 Å². The van der Waals surface area contributed by atoms with Crippen LogP contribution < -0.4 is 0 Å². The van der Waals surface area contributed by atoms with Gasteiger partial charge in [-0.25, -0.2) is 0 Å². The SMILES string of the molecule is Cc1cc(CN(C)C(=O)C2(c3ccc(Br)cc3)CC2)no1. The highest BCUT2D eigenvalue weighted by Gasteiger charge is 2.52. The minimum Gasteiger partial charge on any atom is -0.361 e. The second-order valence-corrected chi connectivity index (χ2v) is 6.59. The molecule has 21 heavy (non-hydrogen) atoms. The van der Waals surface area contributed by atoms with Gasteiger partial charge >= 0.3 is 0 Å². The average Bonchev–Trinajstić information content (AvgIpc) is 3.17. The maximum absolute atomic E-state index is 12.8. The summed E-state index contributed by atoms with van der Waals surface area (Å²) < 4.78 is 6.08. The van der Waals surface area contributed by atoms with Crippen LogP contribution in [0.5, 0.6) is 0 Å². The monoisotopic (exact) mass is 348 g/mol. The molecule has 1 saturated carbocycles. The lowest BCUT2D eigenvalue weighted by Gasteiger charge is -2.23. The Morgan fingerprint density at radius 3 is 2.57 bits per heavy atom. The molecule has 1 amide bonds. The van der Waals surface area contributed by atoms with Crippen molar-refractivity contribution in [3.8, 4) is 0 Å². The van der Waals surface area contributed by atoms with Gasteiger partial charge in [-0.3, -0.25) is 4.79 Å². The summed E-state index contributed by atoms with van der Waals surface area (Å²) in [7, 11) is 1.82. The zero-order chi connectivity index (χ0) is 15.0.